The number of fused-ring (bicyclic) bond motifs is 2. The molecule has 0 atom stereocenters. The summed E-state index contributed by atoms with van der Waals surface area (Å²) in [6.45, 7) is 3.69. The largest absolute Gasteiger partial charge is 0.354 e. The summed E-state index contributed by atoms with van der Waals surface area (Å²) in [7, 11) is -3.63. The van der Waals surface area contributed by atoms with Gasteiger partial charge in [0.05, 0.1) is 22.9 Å². The first kappa shape index (κ1) is 27.2. The average molecular weight is 589 g/mol. The Morgan fingerprint density at radius 1 is 0.974 bits per heavy atom. The average Bonchev–Trinajstić information content (AvgIpc) is 3.25. The molecule has 1 N–H and O–H groups in total. The minimum atomic E-state index is -3.63. The molecule has 4 aromatic rings. The van der Waals surface area contributed by atoms with Crippen LogP contribution in [0.1, 0.15) is 19.0 Å². The van der Waals surface area contributed by atoms with Crippen molar-refractivity contribution in [1.29, 1.82) is 0 Å². The third-order valence-electron chi connectivity index (χ3n) is 6.81. The van der Waals surface area contributed by atoms with E-state index in [1.165, 1.54) is 6.92 Å². The maximum atomic E-state index is 13.0. The van der Waals surface area contributed by atoms with Gasteiger partial charge in [-0.25, -0.2) is 13.4 Å². The molecule has 0 radical (unpaired) electrons. The number of carbonyl (C=O) groups is 2. The van der Waals surface area contributed by atoms with E-state index in [1.807, 2.05) is 22.6 Å². The van der Waals surface area contributed by atoms with E-state index in [4.69, 9.17) is 23.2 Å². The van der Waals surface area contributed by atoms with E-state index in [1.54, 1.807) is 41.3 Å². The molecule has 0 bridgehead atoms. The van der Waals surface area contributed by atoms with Crippen LogP contribution in [-0.2, 0) is 26.0 Å². The van der Waals surface area contributed by atoms with Crippen LogP contribution in [-0.4, -0.2) is 66.4 Å². The van der Waals surface area contributed by atoms with Crippen molar-refractivity contribution in [1.82, 2.24) is 19.6 Å². The minimum Gasteiger partial charge on any atom is -0.354 e. The number of hydrogen-bond acceptors (Lipinski definition) is 6. The smallest absolute Gasteiger partial charge is 0.223 e. The van der Waals surface area contributed by atoms with Crippen LogP contribution in [0, 0.1) is 0 Å². The molecule has 3 heterocycles. The monoisotopic (exact) mass is 587 g/mol. The fourth-order valence-electron chi connectivity index (χ4n) is 4.73. The van der Waals surface area contributed by atoms with Gasteiger partial charge in [0.2, 0.25) is 11.8 Å². The highest BCUT2D eigenvalue weighted by molar-refractivity contribution is 7.91. The molecule has 1 aliphatic heterocycles. The molecule has 0 aliphatic carbocycles. The predicted molar refractivity (Wildman–Crippen MR) is 152 cm³/mol. The van der Waals surface area contributed by atoms with E-state index in [0.717, 1.165) is 16.6 Å². The zero-order valence-corrected chi connectivity index (χ0v) is 23.6. The van der Waals surface area contributed by atoms with Gasteiger partial charge in [0.15, 0.2) is 9.84 Å². The summed E-state index contributed by atoms with van der Waals surface area (Å²) < 4.78 is 27.8. The highest BCUT2D eigenvalue weighted by Gasteiger charge is 2.25. The number of imidazole rings is 1. The Bertz CT molecular complexity index is 1680. The molecule has 2 aromatic heterocycles. The van der Waals surface area contributed by atoms with Crippen molar-refractivity contribution in [3.05, 3.63) is 70.5 Å². The summed E-state index contributed by atoms with van der Waals surface area (Å²) in [6.07, 6.45) is -0.0869. The maximum Gasteiger partial charge on any atom is 0.223 e. The number of piperazine rings is 1. The number of sulfone groups is 1. The van der Waals surface area contributed by atoms with Crippen LogP contribution in [0.5, 0.6) is 0 Å². The third-order valence-corrected chi connectivity index (χ3v) is 9.15. The Hall–Kier alpha value is -3.34. The van der Waals surface area contributed by atoms with Crippen LogP contribution in [0.15, 0.2) is 59.5 Å². The van der Waals surface area contributed by atoms with Crippen molar-refractivity contribution in [3.8, 4) is 0 Å². The standard InChI is InChI=1S/C27H27Cl2N5O4S/c1-18(35)30-17-23-27(29)34-24(31-23)3-2-4-25(34)32-10-12-33(13-11-32)26(36)9-14-39(37,38)22-8-6-19-15-21(28)7-5-20(19)16-22/h2-8,15-16H,9-14,17H2,1H3,(H,30,35). The van der Waals surface area contributed by atoms with Crippen LogP contribution >= 0.6 is 23.2 Å². The Kier molecular flexibility index (Phi) is 7.70. The SMILES string of the molecule is CC(=O)NCc1nc2cccc(N3CCN(C(=O)CCS(=O)(=O)c4ccc5cc(Cl)ccc5c4)CC3)n2c1Cl. The van der Waals surface area contributed by atoms with Crippen molar-refractivity contribution in [3.63, 3.8) is 0 Å². The molecule has 9 nitrogen and oxygen atoms in total. The molecule has 2 aromatic carbocycles. The lowest BCUT2D eigenvalue weighted by Crippen LogP contribution is -2.49. The summed E-state index contributed by atoms with van der Waals surface area (Å²) in [6, 6.07) is 15.8. The number of benzene rings is 2. The van der Waals surface area contributed by atoms with E-state index < -0.39 is 9.84 Å². The van der Waals surface area contributed by atoms with E-state index in [0.29, 0.717) is 47.7 Å². The first-order chi connectivity index (χ1) is 18.6. The normalized spacial score (nSPS) is 14.2. The van der Waals surface area contributed by atoms with Gasteiger partial charge < -0.3 is 15.1 Å². The van der Waals surface area contributed by atoms with Crippen LogP contribution in [0.4, 0.5) is 5.82 Å². The molecule has 2 amide bonds. The number of aromatic nitrogens is 2. The quantitative estimate of drug-likeness (QED) is 0.351. The molecule has 12 heteroatoms. The lowest BCUT2D eigenvalue weighted by molar-refractivity contribution is -0.131. The fraction of sp³-hybridized carbons (Fsp3) is 0.296. The Morgan fingerprint density at radius 2 is 1.69 bits per heavy atom. The number of nitrogens with zero attached hydrogens (tertiary/aromatic N) is 4. The zero-order chi connectivity index (χ0) is 27.7. The lowest BCUT2D eigenvalue weighted by atomic mass is 10.1. The summed E-state index contributed by atoms with van der Waals surface area (Å²) in [5, 5.41) is 5.36. The summed E-state index contributed by atoms with van der Waals surface area (Å²) in [4.78, 5) is 32.8. The zero-order valence-electron chi connectivity index (χ0n) is 21.2. The number of hydrogen-bond donors (Lipinski definition) is 1. The highest BCUT2D eigenvalue weighted by Crippen LogP contribution is 2.27. The highest BCUT2D eigenvalue weighted by atomic mass is 35.5. The fourth-order valence-corrected chi connectivity index (χ4v) is 6.45. The van der Waals surface area contributed by atoms with Gasteiger partial charge in [-0.05, 0) is 47.2 Å². The molecule has 0 saturated carbocycles. The van der Waals surface area contributed by atoms with E-state index in [-0.39, 0.29) is 35.4 Å². The van der Waals surface area contributed by atoms with E-state index in [9.17, 15) is 18.0 Å². The minimum absolute atomic E-state index is 0.0869. The molecular formula is C27H27Cl2N5O4S. The summed E-state index contributed by atoms with van der Waals surface area (Å²) >= 11 is 12.6. The van der Waals surface area contributed by atoms with Gasteiger partial charge in [-0.2, -0.15) is 0 Å². The van der Waals surface area contributed by atoms with E-state index >= 15 is 0 Å². The second kappa shape index (κ2) is 11.0. The predicted octanol–water partition coefficient (Wildman–Crippen LogP) is 3.94. The molecule has 39 heavy (non-hydrogen) atoms. The second-order valence-corrected chi connectivity index (χ2v) is 12.3. The molecule has 1 saturated heterocycles. The van der Waals surface area contributed by atoms with Crippen LogP contribution in [0.2, 0.25) is 10.2 Å². The van der Waals surface area contributed by atoms with Crippen molar-refractivity contribution in [2.45, 2.75) is 24.8 Å². The van der Waals surface area contributed by atoms with E-state index in [2.05, 4.69) is 15.2 Å². The molecule has 204 valence electrons. The number of amides is 2. The molecule has 0 spiro atoms. The lowest BCUT2D eigenvalue weighted by Gasteiger charge is -2.36. The van der Waals surface area contributed by atoms with Crippen molar-refractivity contribution in [2.75, 3.05) is 36.8 Å². The Morgan fingerprint density at radius 3 is 2.44 bits per heavy atom. The molecule has 5 rings (SSSR count). The third kappa shape index (κ3) is 5.83. The van der Waals surface area contributed by atoms with Gasteiger partial charge in [-0.15, -0.1) is 0 Å². The van der Waals surface area contributed by atoms with Crippen molar-refractivity contribution in [2.24, 2.45) is 0 Å². The van der Waals surface area contributed by atoms with Gasteiger partial charge in [0.25, 0.3) is 0 Å². The maximum absolute atomic E-state index is 13.0. The first-order valence-corrected chi connectivity index (χ1v) is 14.9. The van der Waals surface area contributed by atoms with Crippen LogP contribution in [0.25, 0.3) is 16.4 Å². The molecule has 1 fully saturated rings. The summed E-state index contributed by atoms with van der Waals surface area (Å²) in [5.41, 5.74) is 1.24. The number of halogens is 2. The molecular weight excluding hydrogens is 561 g/mol. The van der Waals surface area contributed by atoms with Crippen LogP contribution < -0.4 is 10.2 Å². The Balaban J connectivity index is 1.22. The van der Waals surface area contributed by atoms with Gasteiger partial charge in [0, 0.05) is 44.5 Å². The van der Waals surface area contributed by atoms with Crippen molar-refractivity contribution < 1.29 is 18.0 Å². The molecule has 1 aliphatic rings. The summed E-state index contributed by atoms with van der Waals surface area (Å²) in [5.74, 6) is 0.222. The second-order valence-electron chi connectivity index (χ2n) is 9.43. The number of anilines is 1. The number of nitrogens with one attached hydrogen (secondary N) is 1. The van der Waals surface area contributed by atoms with Crippen LogP contribution in [0.3, 0.4) is 0 Å². The van der Waals surface area contributed by atoms with Gasteiger partial charge >= 0.3 is 0 Å². The van der Waals surface area contributed by atoms with Gasteiger partial charge in [-0.3, -0.25) is 14.0 Å². The van der Waals surface area contributed by atoms with Gasteiger partial charge in [-0.1, -0.05) is 41.4 Å². The molecule has 0 unspecified atom stereocenters. The van der Waals surface area contributed by atoms with Crippen molar-refractivity contribution >= 4 is 67.1 Å². The number of carbonyl (C=O) groups excluding carboxylic acids is 2. The topological polar surface area (TPSA) is 104 Å². The number of rotatable bonds is 7. The Labute approximate surface area is 236 Å². The first-order valence-electron chi connectivity index (χ1n) is 12.5. The number of pyridine rings is 1. The van der Waals surface area contributed by atoms with Gasteiger partial charge in [0.1, 0.15) is 16.6 Å².